The molecule has 0 atom stereocenters. The van der Waals surface area contributed by atoms with E-state index < -0.39 is 0 Å². The van der Waals surface area contributed by atoms with E-state index in [0.29, 0.717) is 13.1 Å². The molecule has 0 aromatic heterocycles. The molecule has 0 bridgehead atoms. The molecule has 0 spiro atoms. The molecule has 0 unspecified atom stereocenters. The summed E-state index contributed by atoms with van der Waals surface area (Å²) in [6.45, 7) is 1.19. The molecule has 0 fully saturated rings. The summed E-state index contributed by atoms with van der Waals surface area (Å²) in [7, 11) is 0. The minimum Gasteiger partial charge on any atom is -0.329 e. The minimum absolute atomic E-state index is 0. The van der Waals surface area contributed by atoms with Crippen LogP contribution in [0, 0.1) is 0 Å². The predicted molar refractivity (Wildman–Crippen MR) is 18.1 cm³/mol. The van der Waals surface area contributed by atoms with Crippen LogP contribution in [-0.2, 0) is 0 Å². The second-order valence-electron chi connectivity index (χ2n) is 0.577. The van der Waals surface area contributed by atoms with Crippen LogP contribution in [0.25, 0.3) is 0 Å². The number of rotatable bonds is 1. The predicted octanol–water partition coefficient (Wildman–Crippen LogP) is -7.09. The molecule has 26 valence electrons. The fourth-order valence-corrected chi connectivity index (χ4v) is 0. The van der Waals surface area contributed by atoms with Gasteiger partial charge in [0.1, 0.15) is 0 Å². The van der Waals surface area contributed by atoms with Crippen LogP contribution in [0.3, 0.4) is 0 Å². The van der Waals surface area contributed by atoms with E-state index in [1.165, 1.54) is 0 Å². The molecule has 0 aliphatic heterocycles. The summed E-state index contributed by atoms with van der Waals surface area (Å²) in [6.07, 6.45) is 0. The van der Waals surface area contributed by atoms with Gasteiger partial charge in [-0.05, 0) is 0 Å². The van der Waals surface area contributed by atoms with E-state index in [0.717, 1.165) is 0 Å². The van der Waals surface area contributed by atoms with E-state index >= 15 is 0 Å². The van der Waals surface area contributed by atoms with Crippen LogP contribution in [-0.4, -0.2) is 13.1 Å². The molecular weight excluding hydrogens is 130 g/mol. The van der Waals surface area contributed by atoms with Crippen molar-refractivity contribution in [2.45, 2.75) is 0 Å². The summed E-state index contributed by atoms with van der Waals surface area (Å²) in [4.78, 5) is 0. The molecule has 0 amide bonds. The normalized spacial score (nSPS) is 5.00. The van der Waals surface area contributed by atoms with E-state index in [1.54, 1.807) is 0 Å². The zero-order valence-electron chi connectivity index (χ0n) is 4.57. The van der Waals surface area contributed by atoms with Crippen LogP contribution in [0.1, 0.15) is 0 Å². The van der Waals surface area contributed by atoms with E-state index in [2.05, 4.69) is 0 Å². The van der Waals surface area contributed by atoms with Crippen molar-refractivity contribution in [3.8, 4) is 0 Å². The number of nitrogens with two attached hydrogens (primary N) is 2. The molecule has 0 aromatic carbocycles. The van der Waals surface area contributed by atoms with Gasteiger partial charge in [-0.25, -0.2) is 0 Å². The number of hydrogen-bond donors (Lipinski definition) is 2. The van der Waals surface area contributed by atoms with Crippen molar-refractivity contribution < 1.29 is 103 Å². The maximum Gasteiger partial charge on any atom is 1.00 e. The molecule has 4 N–H and O–H groups in total. The van der Waals surface area contributed by atoms with Crippen molar-refractivity contribution >= 4 is 0 Å². The molecule has 0 aromatic rings. The Morgan fingerprint density at radius 1 is 0.833 bits per heavy atom. The van der Waals surface area contributed by atoms with Crippen LogP contribution in [0.2, 0.25) is 0 Å². The van der Waals surface area contributed by atoms with E-state index in [4.69, 9.17) is 11.5 Å². The van der Waals surface area contributed by atoms with Gasteiger partial charge in [0.15, 0.2) is 0 Å². The van der Waals surface area contributed by atoms with Crippen molar-refractivity contribution in [2.75, 3.05) is 13.1 Å². The Balaban J connectivity index is -0.0000000450. The first-order valence-corrected chi connectivity index (χ1v) is 1.32. The van der Waals surface area contributed by atoms with Crippen molar-refractivity contribution in [3.63, 3.8) is 0 Å². The van der Waals surface area contributed by atoms with Crippen molar-refractivity contribution in [1.29, 1.82) is 0 Å². The fourth-order valence-electron chi connectivity index (χ4n) is 0. The third-order valence-corrected chi connectivity index (χ3v) is 0.167. The molecule has 0 saturated carbocycles. The average Bonchev–Trinajstić information content (AvgIpc) is 1.37. The third-order valence-electron chi connectivity index (χ3n) is 0.167. The van der Waals surface area contributed by atoms with Crippen molar-refractivity contribution in [2.24, 2.45) is 11.5 Å². The Kier molecular flexibility index (Phi) is 42.2. The van der Waals surface area contributed by atoms with Crippen LogP contribution >= 0.6 is 0 Å². The summed E-state index contributed by atoms with van der Waals surface area (Å²) in [5.74, 6) is 0. The summed E-state index contributed by atoms with van der Waals surface area (Å²) in [5, 5.41) is 0. The molecule has 2 nitrogen and oxygen atoms in total. The Morgan fingerprint density at radius 3 is 1.00 bits per heavy atom. The summed E-state index contributed by atoms with van der Waals surface area (Å²) < 4.78 is 0. The molecule has 4 heteroatoms. The molecule has 0 rings (SSSR count). The van der Waals surface area contributed by atoms with Crippen LogP contribution in [0.15, 0.2) is 0 Å². The van der Waals surface area contributed by atoms with Gasteiger partial charge in [0.25, 0.3) is 0 Å². The first-order valence-electron chi connectivity index (χ1n) is 1.32. The van der Waals surface area contributed by atoms with Gasteiger partial charge in [-0.15, -0.1) is 0 Å². The van der Waals surface area contributed by atoms with Crippen molar-refractivity contribution in [3.05, 3.63) is 0 Å². The Bertz CT molecular complexity index is 11.5. The largest absolute Gasteiger partial charge is 1.00 e. The second kappa shape index (κ2) is 15.7. The third kappa shape index (κ3) is 15.7. The van der Waals surface area contributed by atoms with E-state index in [9.17, 15) is 0 Å². The first-order chi connectivity index (χ1) is 1.91. The Labute approximate surface area is 124 Å². The molecule has 0 aliphatic rings. The fraction of sp³-hybridized carbons (Fsp3) is 1.00. The first kappa shape index (κ1) is 16.1. The zero-order valence-corrected chi connectivity index (χ0v) is 10.8. The smallest absolute Gasteiger partial charge is 0.329 e. The van der Waals surface area contributed by atoms with Gasteiger partial charge in [0, 0.05) is 13.1 Å². The monoisotopic (exact) mass is 138 g/mol. The molecule has 0 heterocycles. The van der Waals surface area contributed by atoms with Crippen LogP contribution in [0.4, 0.5) is 0 Å². The minimum atomic E-state index is 0. The second-order valence-corrected chi connectivity index (χ2v) is 0.577. The molecular formula is C2H8K2N2+2. The van der Waals surface area contributed by atoms with Gasteiger partial charge < -0.3 is 11.5 Å². The van der Waals surface area contributed by atoms with Gasteiger partial charge in [-0.3, -0.25) is 0 Å². The molecule has 0 radical (unpaired) electrons. The summed E-state index contributed by atoms with van der Waals surface area (Å²) in [6, 6.07) is 0. The standard InChI is InChI=1S/C2H8N2.2K/c3-1-2-4;;/h1-4H2;;/q;2*+1. The summed E-state index contributed by atoms with van der Waals surface area (Å²) in [5.41, 5.74) is 9.81. The van der Waals surface area contributed by atoms with E-state index in [-0.39, 0.29) is 103 Å². The molecule has 6 heavy (non-hydrogen) atoms. The zero-order chi connectivity index (χ0) is 3.41. The van der Waals surface area contributed by atoms with Gasteiger partial charge in [-0.2, -0.15) is 0 Å². The average molecular weight is 138 g/mol. The molecule has 0 saturated heterocycles. The van der Waals surface area contributed by atoms with Crippen molar-refractivity contribution in [1.82, 2.24) is 0 Å². The van der Waals surface area contributed by atoms with E-state index in [1.807, 2.05) is 0 Å². The maximum absolute atomic E-state index is 4.90. The van der Waals surface area contributed by atoms with Crippen LogP contribution < -0.4 is 114 Å². The Morgan fingerprint density at radius 2 is 1.00 bits per heavy atom. The summed E-state index contributed by atoms with van der Waals surface area (Å²) >= 11 is 0. The number of hydrogen-bond acceptors (Lipinski definition) is 2. The molecule has 0 aliphatic carbocycles. The topological polar surface area (TPSA) is 52.0 Å². The van der Waals surface area contributed by atoms with Gasteiger partial charge in [-0.1, -0.05) is 0 Å². The van der Waals surface area contributed by atoms with Crippen LogP contribution in [0.5, 0.6) is 0 Å². The van der Waals surface area contributed by atoms with Gasteiger partial charge >= 0.3 is 103 Å². The van der Waals surface area contributed by atoms with Gasteiger partial charge in [0.05, 0.1) is 0 Å². The quantitative estimate of drug-likeness (QED) is 0.354. The SMILES string of the molecule is NCCN.[K+].[K+]. The van der Waals surface area contributed by atoms with Gasteiger partial charge in [0.2, 0.25) is 0 Å². The maximum atomic E-state index is 4.90. The Hall–Kier alpha value is 3.19.